The molecule has 2 aliphatic rings. The number of ether oxygens (including phenoxy) is 1. The van der Waals surface area contributed by atoms with Gasteiger partial charge in [-0.1, -0.05) is 12.1 Å². The predicted octanol–water partition coefficient (Wildman–Crippen LogP) is 3.80. The molecule has 6 nitrogen and oxygen atoms in total. The van der Waals surface area contributed by atoms with Gasteiger partial charge in [0.15, 0.2) is 5.96 Å². The van der Waals surface area contributed by atoms with Gasteiger partial charge >= 0.3 is 0 Å². The van der Waals surface area contributed by atoms with Crippen molar-refractivity contribution in [3.8, 4) is 5.75 Å². The third-order valence-electron chi connectivity index (χ3n) is 6.58. The average molecular weight is 567 g/mol. The molecule has 0 amide bonds. The molecule has 180 valence electrons. The number of guanidine groups is 1. The number of aliphatic imine (C=N–C) groups is 1. The quantitative estimate of drug-likeness (QED) is 0.327. The molecule has 0 radical (unpaired) electrons. The summed E-state index contributed by atoms with van der Waals surface area (Å²) < 4.78 is 18.4. The van der Waals surface area contributed by atoms with E-state index in [1.807, 2.05) is 24.3 Å². The fourth-order valence-electron chi connectivity index (χ4n) is 4.48. The number of hydrogen-bond acceptors (Lipinski definition) is 4. The largest absolute Gasteiger partial charge is 0.497 e. The molecule has 4 rings (SSSR count). The highest BCUT2D eigenvalue weighted by atomic mass is 127. The van der Waals surface area contributed by atoms with E-state index < -0.39 is 0 Å². The second-order valence-electron chi connectivity index (χ2n) is 8.72. The number of benzene rings is 2. The molecule has 2 heterocycles. The topological polar surface area (TPSA) is 57.3 Å². The van der Waals surface area contributed by atoms with Gasteiger partial charge < -0.3 is 20.3 Å². The summed E-state index contributed by atoms with van der Waals surface area (Å²) in [5, 5.41) is 0. The Morgan fingerprint density at radius 1 is 0.970 bits per heavy atom. The molecule has 0 spiro atoms. The van der Waals surface area contributed by atoms with Crippen molar-refractivity contribution in [1.29, 1.82) is 0 Å². The molecule has 0 bridgehead atoms. The van der Waals surface area contributed by atoms with Crippen LogP contribution in [0.3, 0.4) is 0 Å². The molecule has 33 heavy (non-hydrogen) atoms. The van der Waals surface area contributed by atoms with Gasteiger partial charge in [-0.3, -0.25) is 9.89 Å². The third kappa shape index (κ3) is 7.20. The van der Waals surface area contributed by atoms with Gasteiger partial charge in [-0.2, -0.15) is 0 Å². The van der Waals surface area contributed by atoms with E-state index in [1.54, 1.807) is 7.11 Å². The van der Waals surface area contributed by atoms with Crippen LogP contribution in [0.2, 0.25) is 0 Å². The molecule has 8 heteroatoms. The summed E-state index contributed by atoms with van der Waals surface area (Å²) in [5.74, 6) is 1.96. The first-order valence-corrected chi connectivity index (χ1v) is 11.5. The maximum Gasteiger partial charge on any atom is 0.191 e. The number of piperazine rings is 1. The summed E-state index contributed by atoms with van der Waals surface area (Å²) in [7, 11) is 1.70. The maximum absolute atomic E-state index is 13.1. The second-order valence-corrected chi connectivity index (χ2v) is 8.72. The maximum atomic E-state index is 13.1. The molecule has 2 aromatic rings. The zero-order chi connectivity index (χ0) is 22.3. The smallest absolute Gasteiger partial charge is 0.191 e. The molecule has 0 aliphatic carbocycles. The summed E-state index contributed by atoms with van der Waals surface area (Å²) in [6.07, 6.45) is 2.32. The van der Waals surface area contributed by atoms with Crippen LogP contribution in [0, 0.1) is 11.7 Å². The van der Waals surface area contributed by atoms with Crippen LogP contribution in [-0.2, 0) is 6.54 Å². The lowest BCUT2D eigenvalue weighted by Gasteiger charge is -2.37. The number of nitrogens with two attached hydrogens (primary N) is 1. The first-order chi connectivity index (χ1) is 15.6. The number of piperidine rings is 1. The van der Waals surface area contributed by atoms with Gasteiger partial charge in [0.2, 0.25) is 0 Å². The van der Waals surface area contributed by atoms with Crippen LogP contribution in [-0.4, -0.2) is 68.7 Å². The molecular formula is C25H35FIN5O. The normalized spacial score (nSPS) is 18.2. The van der Waals surface area contributed by atoms with Crippen molar-refractivity contribution in [2.45, 2.75) is 19.4 Å². The third-order valence-corrected chi connectivity index (χ3v) is 6.58. The lowest BCUT2D eigenvalue weighted by atomic mass is 9.96. The summed E-state index contributed by atoms with van der Waals surface area (Å²) >= 11 is 0. The van der Waals surface area contributed by atoms with Gasteiger partial charge in [0.05, 0.1) is 7.11 Å². The fraction of sp³-hybridized carbons (Fsp3) is 0.480. The van der Waals surface area contributed by atoms with Gasteiger partial charge in [-0.15, -0.1) is 24.0 Å². The molecular weight excluding hydrogens is 532 g/mol. The van der Waals surface area contributed by atoms with Crippen LogP contribution in [0.4, 0.5) is 10.1 Å². The average Bonchev–Trinajstić information content (AvgIpc) is 2.84. The van der Waals surface area contributed by atoms with Gasteiger partial charge in [-0.25, -0.2) is 4.39 Å². The minimum atomic E-state index is -0.199. The Labute approximate surface area is 213 Å². The van der Waals surface area contributed by atoms with Crippen LogP contribution in [0.15, 0.2) is 53.5 Å². The molecule has 2 aliphatic heterocycles. The molecule has 2 saturated heterocycles. The molecule has 2 N–H and O–H groups in total. The van der Waals surface area contributed by atoms with Crippen molar-refractivity contribution in [3.63, 3.8) is 0 Å². The first kappa shape index (κ1) is 25.6. The fourth-order valence-corrected chi connectivity index (χ4v) is 4.48. The Morgan fingerprint density at radius 2 is 1.61 bits per heavy atom. The highest BCUT2D eigenvalue weighted by molar-refractivity contribution is 14.0. The van der Waals surface area contributed by atoms with Crippen molar-refractivity contribution in [2.24, 2.45) is 16.6 Å². The highest BCUT2D eigenvalue weighted by Crippen LogP contribution is 2.21. The van der Waals surface area contributed by atoms with Crippen LogP contribution < -0.4 is 15.4 Å². The minimum Gasteiger partial charge on any atom is -0.497 e. The lowest BCUT2D eigenvalue weighted by Crippen LogP contribution is -2.51. The minimum absolute atomic E-state index is 0. The van der Waals surface area contributed by atoms with Crippen LogP contribution >= 0.6 is 24.0 Å². The summed E-state index contributed by atoms with van der Waals surface area (Å²) in [4.78, 5) is 11.7. The lowest BCUT2D eigenvalue weighted by molar-refractivity contribution is 0.180. The Bertz CT molecular complexity index is 877. The number of hydrogen-bond donors (Lipinski definition) is 1. The molecule has 2 aromatic carbocycles. The predicted molar refractivity (Wildman–Crippen MR) is 143 cm³/mol. The summed E-state index contributed by atoms with van der Waals surface area (Å²) in [6.45, 7) is 7.41. The van der Waals surface area contributed by atoms with E-state index in [1.165, 1.54) is 17.7 Å². The van der Waals surface area contributed by atoms with Gasteiger partial charge in [0.1, 0.15) is 11.6 Å². The van der Waals surface area contributed by atoms with Crippen molar-refractivity contribution in [1.82, 2.24) is 9.80 Å². The van der Waals surface area contributed by atoms with Crippen LogP contribution in [0.1, 0.15) is 18.4 Å². The Morgan fingerprint density at radius 3 is 2.21 bits per heavy atom. The van der Waals surface area contributed by atoms with E-state index in [4.69, 9.17) is 15.5 Å². The first-order valence-electron chi connectivity index (χ1n) is 11.5. The van der Waals surface area contributed by atoms with Gasteiger partial charge in [0.25, 0.3) is 0 Å². The van der Waals surface area contributed by atoms with Crippen molar-refractivity contribution >= 4 is 35.6 Å². The van der Waals surface area contributed by atoms with Crippen molar-refractivity contribution in [3.05, 3.63) is 59.9 Å². The Kier molecular flexibility index (Phi) is 9.61. The van der Waals surface area contributed by atoms with E-state index in [-0.39, 0.29) is 29.8 Å². The van der Waals surface area contributed by atoms with E-state index in [9.17, 15) is 4.39 Å². The number of rotatable bonds is 6. The number of nitrogens with zero attached hydrogens (tertiary/aromatic N) is 4. The monoisotopic (exact) mass is 567 g/mol. The molecule has 0 saturated carbocycles. The molecule has 0 atom stereocenters. The summed E-state index contributed by atoms with van der Waals surface area (Å²) in [5.41, 5.74) is 8.69. The van der Waals surface area contributed by atoms with E-state index >= 15 is 0 Å². The Balaban J connectivity index is 0.00000306. The molecule has 0 unspecified atom stereocenters. The SMILES string of the molecule is COc1ccc(CN2CCC(CN=C(N)N3CCN(c4ccc(F)cc4)CC3)CC2)cc1.I. The number of anilines is 1. The number of halogens is 2. The molecule has 0 aromatic heterocycles. The second kappa shape index (κ2) is 12.4. The van der Waals surface area contributed by atoms with Crippen molar-refractivity contribution < 1.29 is 9.13 Å². The van der Waals surface area contributed by atoms with E-state index in [0.717, 1.165) is 76.6 Å². The van der Waals surface area contributed by atoms with Gasteiger partial charge in [0, 0.05) is 45.0 Å². The van der Waals surface area contributed by atoms with E-state index in [0.29, 0.717) is 11.9 Å². The number of methoxy groups -OCH3 is 1. The summed E-state index contributed by atoms with van der Waals surface area (Å²) in [6, 6.07) is 15.0. The van der Waals surface area contributed by atoms with Crippen molar-refractivity contribution in [2.75, 3.05) is 57.8 Å². The zero-order valence-electron chi connectivity index (χ0n) is 19.3. The Hall–Kier alpha value is -2.07. The van der Waals surface area contributed by atoms with Crippen LogP contribution in [0.5, 0.6) is 5.75 Å². The van der Waals surface area contributed by atoms with Gasteiger partial charge in [-0.05, 0) is 73.8 Å². The van der Waals surface area contributed by atoms with Crippen LogP contribution in [0.25, 0.3) is 0 Å². The number of likely N-dealkylation sites (tertiary alicyclic amines) is 1. The standard InChI is InChI=1S/C25H34FN5O.HI/c1-32-24-8-2-21(3-9-24)19-29-12-10-20(11-13-29)18-28-25(27)31-16-14-30(15-17-31)23-6-4-22(26)5-7-23;/h2-9,20H,10-19H2,1H3,(H2,27,28);1H. The highest BCUT2D eigenvalue weighted by Gasteiger charge is 2.21. The zero-order valence-corrected chi connectivity index (χ0v) is 21.7. The molecule has 2 fully saturated rings. The van der Waals surface area contributed by atoms with E-state index in [2.05, 4.69) is 26.8 Å².